The van der Waals surface area contributed by atoms with Crippen molar-refractivity contribution >= 4 is 173 Å². The summed E-state index contributed by atoms with van der Waals surface area (Å²) in [4.78, 5) is 31.7. The van der Waals surface area contributed by atoms with Gasteiger partial charge in [-0.05, 0) is 167 Å². The first-order valence-electron chi connectivity index (χ1n) is 51.0. The average Bonchev–Trinajstić information content (AvgIpc) is 1.51. The summed E-state index contributed by atoms with van der Waals surface area (Å²) in [7, 11) is 0. The quantitative estimate of drug-likeness (QED) is 0.127. The highest BCUT2D eigenvalue weighted by Gasteiger charge is 2.48. The number of benzene rings is 22. The third-order valence-electron chi connectivity index (χ3n) is 31.4. The Morgan fingerprint density at radius 3 is 1.46 bits per heavy atom. The van der Waals surface area contributed by atoms with Crippen LogP contribution in [-0.4, -0.2) is 48.2 Å². The fourth-order valence-electron chi connectivity index (χ4n) is 25.0. The van der Waals surface area contributed by atoms with Crippen LogP contribution in [0.1, 0.15) is 47.4 Å². The maximum absolute atomic E-state index is 5.64. The molecular weight excluding hydrogens is 1830 g/mol. The molecule has 8 heterocycles. The number of fused-ring (bicyclic) bond motifs is 33. The van der Waals surface area contributed by atoms with Crippen LogP contribution in [0.15, 0.2) is 498 Å². The van der Waals surface area contributed by atoms with Crippen molar-refractivity contribution in [3.8, 4) is 90.6 Å². The van der Waals surface area contributed by atoms with Crippen molar-refractivity contribution in [3.63, 3.8) is 0 Å². The SMILES string of the molecule is CC1(C)c2ccccc2-c2c(-c3ccccc3)nc(-n3c4ccc5c(c4c4c6ccccc6ccc43)-c3ccccc3C5(c3ccccc3)c3ccccc3)nc21.c1ccc(-c2ccc3c(c2)c2ccc4c(c5ccccc5n4-c4cccc(-c5ncc6ccccc6n5)c4)c2n3-c2ccccc2)cc1.c1ccc(-c2nc(-n3c4ccccc4c4c5ccccc5c5sc6ccccc6c5c43)nc3ccc4ccccc4c23)cc1. The molecular formula is C138H88N10S. The van der Waals surface area contributed by atoms with E-state index in [-0.39, 0.29) is 5.41 Å². The number of nitrogens with zero attached hydrogens (tertiary/aromatic N) is 10. The van der Waals surface area contributed by atoms with Crippen molar-refractivity contribution in [1.82, 2.24) is 48.2 Å². The molecule has 10 nitrogen and oxygen atoms in total. The second-order valence-electron chi connectivity index (χ2n) is 39.7. The standard InChI is InChI=1S/C54H37N3.C44H28N4.C40H23N3S/c1-53(2)41-28-16-14-26-39(41)48-50(35-19-6-3-7-20-35)55-52(56-51(48)53)57-44-32-30-34-18-12-13-25-38(34)47(44)49-45(57)33-31-43-46(49)40-27-15-17-29-42(40)54(43,36-21-8-4-9-22-36)37-23-10-5-11-24-37;1-3-12-29(13-4-1)30-22-24-40-37(27-30)35-23-25-41-42(43(35)48(40)33-16-5-2-6-17-33)36-19-8-10-21-39(36)47(41)34-18-11-15-31(26-34)44-45-28-32-14-7-9-20-38(32)46-44;1-2-13-25(14-3-1)37-35-26-15-5-4-12-24(26)22-23-31(35)41-40(42-37)43-32-20-10-8-18-29(32)34-27-16-6-7-17-28(27)39-36(38(34)43)30-19-9-11-21-33(30)44-39/h3-33H,1-2H3;1-28H;1-23H. The van der Waals surface area contributed by atoms with E-state index in [0.29, 0.717) is 11.9 Å². The molecule has 0 fully saturated rings. The third kappa shape index (κ3) is 13.0. The van der Waals surface area contributed by atoms with E-state index < -0.39 is 5.41 Å². The largest absolute Gasteiger partial charge is 0.309 e. The Kier molecular flexibility index (Phi) is 19.3. The predicted molar refractivity (Wildman–Crippen MR) is 620 cm³/mol. The van der Waals surface area contributed by atoms with E-state index in [1.807, 2.05) is 41.8 Å². The first-order valence-corrected chi connectivity index (χ1v) is 51.8. The van der Waals surface area contributed by atoms with E-state index >= 15 is 0 Å². The van der Waals surface area contributed by atoms with Crippen LogP contribution in [0.5, 0.6) is 0 Å². The summed E-state index contributed by atoms with van der Waals surface area (Å²) in [5, 5.41) is 21.8. The molecule has 0 aliphatic heterocycles. The number of para-hydroxylation sites is 4. The summed E-state index contributed by atoms with van der Waals surface area (Å²) in [6.45, 7) is 4.61. The molecule has 0 N–H and O–H groups in total. The van der Waals surface area contributed by atoms with Crippen LogP contribution >= 0.6 is 11.3 Å². The van der Waals surface area contributed by atoms with Crippen LogP contribution in [-0.2, 0) is 10.8 Å². The van der Waals surface area contributed by atoms with E-state index in [9.17, 15) is 0 Å². The van der Waals surface area contributed by atoms with Gasteiger partial charge < -0.3 is 9.13 Å². The Bertz CT molecular complexity index is 10700. The van der Waals surface area contributed by atoms with Crippen molar-refractivity contribution in [1.29, 1.82) is 0 Å². The van der Waals surface area contributed by atoms with E-state index in [2.05, 4.69) is 499 Å². The molecule has 149 heavy (non-hydrogen) atoms. The second kappa shape index (κ2) is 33.7. The second-order valence-corrected chi connectivity index (χ2v) is 40.7. The lowest BCUT2D eigenvalue weighted by molar-refractivity contribution is 0.632. The number of rotatable bonds is 10. The molecule has 2 aliphatic carbocycles. The topological polar surface area (TPSA) is 97.1 Å². The highest BCUT2D eigenvalue weighted by molar-refractivity contribution is 7.27. The van der Waals surface area contributed by atoms with Gasteiger partial charge in [-0.3, -0.25) is 9.13 Å². The fourth-order valence-corrected chi connectivity index (χ4v) is 26.2. The van der Waals surface area contributed by atoms with E-state index in [1.165, 1.54) is 157 Å². The molecule has 0 atom stereocenters. The van der Waals surface area contributed by atoms with Gasteiger partial charge in [0.2, 0.25) is 11.9 Å². The van der Waals surface area contributed by atoms with Gasteiger partial charge in [-0.2, -0.15) is 0 Å². The molecule has 0 unspecified atom stereocenters. The lowest BCUT2D eigenvalue weighted by Gasteiger charge is -2.33. The normalized spacial score (nSPS) is 12.9. The first-order chi connectivity index (χ1) is 73.7. The Morgan fingerprint density at radius 2 is 0.745 bits per heavy atom. The molecule has 0 amide bonds. The Labute approximate surface area is 861 Å². The van der Waals surface area contributed by atoms with Gasteiger partial charge in [0.25, 0.3) is 0 Å². The molecule has 0 saturated carbocycles. The summed E-state index contributed by atoms with van der Waals surface area (Å²) in [5.74, 6) is 2.09. The smallest absolute Gasteiger partial charge is 0.235 e. The van der Waals surface area contributed by atoms with Gasteiger partial charge in [0, 0.05) is 125 Å². The lowest BCUT2D eigenvalue weighted by atomic mass is 9.67. The first kappa shape index (κ1) is 85.4. The highest BCUT2D eigenvalue weighted by atomic mass is 32.1. The van der Waals surface area contributed by atoms with Gasteiger partial charge in [0.15, 0.2) is 5.82 Å². The molecule has 22 aromatic carbocycles. The summed E-state index contributed by atoms with van der Waals surface area (Å²) >= 11 is 1.87. The minimum Gasteiger partial charge on any atom is -0.309 e. The van der Waals surface area contributed by atoms with Gasteiger partial charge >= 0.3 is 0 Å². The monoisotopic (exact) mass is 1920 g/mol. The van der Waals surface area contributed by atoms with E-state index in [0.717, 1.165) is 117 Å². The number of aromatic nitrogens is 10. The lowest BCUT2D eigenvalue weighted by Crippen LogP contribution is -2.28. The molecule has 0 spiro atoms. The van der Waals surface area contributed by atoms with E-state index in [4.69, 9.17) is 29.9 Å². The number of thiophene rings is 1. The molecule has 2 aliphatic rings. The zero-order chi connectivity index (χ0) is 98.3. The van der Waals surface area contributed by atoms with Crippen molar-refractivity contribution in [2.24, 2.45) is 0 Å². The minimum absolute atomic E-state index is 0.316. The number of hydrogen-bond donors (Lipinski definition) is 0. The van der Waals surface area contributed by atoms with Crippen LogP contribution in [0.4, 0.5) is 0 Å². The van der Waals surface area contributed by atoms with Gasteiger partial charge in [0.1, 0.15) is 0 Å². The zero-order valence-corrected chi connectivity index (χ0v) is 82.0. The molecule has 8 aromatic heterocycles. The van der Waals surface area contributed by atoms with Gasteiger partial charge in [-0.15, -0.1) is 11.3 Å². The predicted octanol–water partition coefficient (Wildman–Crippen LogP) is 35.3. The molecule has 0 radical (unpaired) electrons. The molecule has 0 bridgehead atoms. The Balaban J connectivity index is 0.000000104. The molecule has 30 aromatic rings. The van der Waals surface area contributed by atoms with Gasteiger partial charge in [-0.25, -0.2) is 29.9 Å². The minimum atomic E-state index is -0.512. The van der Waals surface area contributed by atoms with Crippen molar-refractivity contribution < 1.29 is 0 Å². The number of hydrogen-bond acceptors (Lipinski definition) is 7. The average molecular weight is 1920 g/mol. The maximum atomic E-state index is 5.64. The Hall–Kier alpha value is -19.2. The van der Waals surface area contributed by atoms with Crippen LogP contribution < -0.4 is 0 Å². The van der Waals surface area contributed by atoms with Crippen LogP contribution in [0.3, 0.4) is 0 Å². The summed E-state index contributed by atoms with van der Waals surface area (Å²) < 4.78 is 12.1. The third-order valence-corrected chi connectivity index (χ3v) is 32.6. The summed E-state index contributed by atoms with van der Waals surface area (Å²) in [6.07, 6.45) is 1.91. The van der Waals surface area contributed by atoms with Gasteiger partial charge in [0.05, 0.1) is 77.7 Å². The highest BCUT2D eigenvalue weighted by Crippen LogP contribution is 2.61. The van der Waals surface area contributed by atoms with Crippen LogP contribution in [0, 0.1) is 0 Å². The fraction of sp³-hybridized carbons (Fsp3) is 0.0290. The van der Waals surface area contributed by atoms with Crippen molar-refractivity contribution in [2.45, 2.75) is 24.7 Å². The molecule has 32 rings (SSSR count). The molecule has 696 valence electrons. The summed E-state index contributed by atoms with van der Waals surface area (Å²) in [6, 6.07) is 177. The maximum Gasteiger partial charge on any atom is 0.235 e. The van der Waals surface area contributed by atoms with Crippen molar-refractivity contribution in [2.75, 3.05) is 0 Å². The van der Waals surface area contributed by atoms with Crippen LogP contribution in [0.2, 0.25) is 0 Å². The zero-order valence-electron chi connectivity index (χ0n) is 81.2. The van der Waals surface area contributed by atoms with E-state index in [1.54, 1.807) is 0 Å². The van der Waals surface area contributed by atoms with Crippen LogP contribution in [0.25, 0.3) is 252 Å². The van der Waals surface area contributed by atoms with Crippen molar-refractivity contribution in [3.05, 3.63) is 531 Å². The summed E-state index contributed by atoms with van der Waals surface area (Å²) in [5.41, 5.74) is 32.2. The molecule has 0 saturated heterocycles. The molecule has 11 heteroatoms. The Morgan fingerprint density at radius 1 is 0.242 bits per heavy atom. The van der Waals surface area contributed by atoms with Gasteiger partial charge in [-0.1, -0.05) is 420 Å².